The van der Waals surface area contributed by atoms with Crippen molar-refractivity contribution in [2.45, 2.75) is 20.4 Å². The number of hydrogen-bond acceptors (Lipinski definition) is 6. The van der Waals surface area contributed by atoms with E-state index >= 15 is 0 Å². The molecule has 2 heterocycles. The number of nitrogens with one attached hydrogen (secondary N) is 1. The zero-order valence-corrected chi connectivity index (χ0v) is 13.8. The maximum absolute atomic E-state index is 11.8. The lowest BCUT2D eigenvalue weighted by Crippen LogP contribution is -2.50. The Hall–Kier alpha value is -2.09. The van der Waals surface area contributed by atoms with Crippen LogP contribution in [0.15, 0.2) is 12.4 Å². The predicted octanol–water partition coefficient (Wildman–Crippen LogP) is -0.296. The highest BCUT2D eigenvalue weighted by molar-refractivity contribution is 5.83. The van der Waals surface area contributed by atoms with Crippen molar-refractivity contribution in [3.05, 3.63) is 12.4 Å². The second kappa shape index (κ2) is 8.52. The summed E-state index contributed by atoms with van der Waals surface area (Å²) in [5, 5.41) is 2.59. The highest BCUT2D eigenvalue weighted by Crippen LogP contribution is 2.14. The Morgan fingerprint density at radius 1 is 1.26 bits per heavy atom. The van der Waals surface area contributed by atoms with Crippen LogP contribution in [0.1, 0.15) is 13.8 Å². The number of nitrogens with zero attached hydrogens (tertiary/aromatic N) is 4. The summed E-state index contributed by atoms with van der Waals surface area (Å²) in [5.74, 6) is 0.428. The molecule has 0 radical (unpaired) electrons. The van der Waals surface area contributed by atoms with Crippen molar-refractivity contribution >= 4 is 17.8 Å². The number of amides is 1. The number of aromatic nitrogens is 2. The van der Waals surface area contributed by atoms with Crippen molar-refractivity contribution in [3.63, 3.8) is 0 Å². The first-order valence-corrected chi connectivity index (χ1v) is 8.04. The van der Waals surface area contributed by atoms with Gasteiger partial charge in [-0.15, -0.1) is 0 Å². The molecule has 0 saturated carbocycles. The number of ether oxygens (including phenoxy) is 1. The molecule has 2 rings (SSSR count). The van der Waals surface area contributed by atoms with Crippen LogP contribution in [0.2, 0.25) is 0 Å². The molecule has 1 amide bonds. The quantitative estimate of drug-likeness (QED) is 0.694. The monoisotopic (exact) mass is 323 g/mol. The number of carbonyl (C=O) groups excluding carboxylic acids is 2. The molecule has 1 aliphatic rings. The molecule has 8 nitrogen and oxygen atoms in total. The fraction of sp³-hybridized carbons (Fsp3) is 0.667. The van der Waals surface area contributed by atoms with Gasteiger partial charge in [-0.3, -0.25) is 14.5 Å². The van der Waals surface area contributed by atoms with Gasteiger partial charge in [0.25, 0.3) is 0 Å². The lowest BCUT2D eigenvalue weighted by atomic mass is 10.3. The molecule has 8 heteroatoms. The average molecular weight is 323 g/mol. The molecule has 0 unspecified atom stereocenters. The smallest absolute Gasteiger partial charge is 0.325 e. The van der Waals surface area contributed by atoms with Gasteiger partial charge in [-0.05, 0) is 13.8 Å². The summed E-state index contributed by atoms with van der Waals surface area (Å²) < 4.78 is 6.89. The average Bonchev–Trinajstić information content (AvgIpc) is 3.02. The van der Waals surface area contributed by atoms with Crippen LogP contribution in [0, 0.1) is 0 Å². The van der Waals surface area contributed by atoms with Crippen LogP contribution in [0.25, 0.3) is 0 Å². The maximum atomic E-state index is 11.8. The molecule has 0 aromatic carbocycles. The van der Waals surface area contributed by atoms with E-state index in [1.54, 1.807) is 6.92 Å². The Morgan fingerprint density at radius 3 is 2.65 bits per heavy atom. The second-order valence-electron chi connectivity index (χ2n) is 5.36. The number of rotatable bonds is 7. The van der Waals surface area contributed by atoms with E-state index in [1.807, 2.05) is 12.4 Å². The summed E-state index contributed by atoms with van der Waals surface area (Å²) in [6, 6.07) is 0. The fourth-order valence-corrected chi connectivity index (χ4v) is 2.58. The summed E-state index contributed by atoms with van der Waals surface area (Å²) in [7, 11) is 0. The molecule has 0 spiro atoms. The number of anilines is 1. The van der Waals surface area contributed by atoms with Gasteiger partial charge in [0.1, 0.15) is 6.54 Å². The number of carbonyl (C=O) groups is 2. The third-order valence-corrected chi connectivity index (χ3v) is 3.79. The van der Waals surface area contributed by atoms with Gasteiger partial charge in [0, 0.05) is 45.1 Å². The molecule has 1 aromatic heterocycles. The van der Waals surface area contributed by atoms with Crippen LogP contribution >= 0.6 is 0 Å². The number of piperazine rings is 1. The molecule has 1 N–H and O–H groups in total. The van der Waals surface area contributed by atoms with Crippen molar-refractivity contribution in [3.8, 4) is 0 Å². The third kappa shape index (κ3) is 4.95. The van der Waals surface area contributed by atoms with Gasteiger partial charge in [0.15, 0.2) is 0 Å². The maximum Gasteiger partial charge on any atom is 0.325 e. The summed E-state index contributed by atoms with van der Waals surface area (Å²) in [6.07, 6.45) is 3.79. The highest BCUT2D eigenvalue weighted by atomic mass is 16.5. The van der Waals surface area contributed by atoms with E-state index < -0.39 is 5.97 Å². The zero-order chi connectivity index (χ0) is 16.7. The topological polar surface area (TPSA) is 79.7 Å². The van der Waals surface area contributed by atoms with Crippen LogP contribution in [0.4, 0.5) is 5.95 Å². The van der Waals surface area contributed by atoms with Crippen LogP contribution in [0.5, 0.6) is 0 Å². The fourth-order valence-electron chi connectivity index (χ4n) is 2.58. The minimum Gasteiger partial charge on any atom is -0.465 e. The van der Waals surface area contributed by atoms with E-state index in [1.165, 1.54) is 0 Å². The largest absolute Gasteiger partial charge is 0.465 e. The Labute approximate surface area is 136 Å². The zero-order valence-electron chi connectivity index (χ0n) is 13.8. The Balaban J connectivity index is 1.72. The van der Waals surface area contributed by atoms with Gasteiger partial charge in [-0.25, -0.2) is 4.98 Å². The van der Waals surface area contributed by atoms with Crippen LogP contribution in [-0.2, 0) is 20.9 Å². The van der Waals surface area contributed by atoms with Crippen molar-refractivity contribution < 1.29 is 14.3 Å². The molecule has 1 aromatic rings. The lowest BCUT2D eigenvalue weighted by molar-refractivity contribution is -0.143. The molecule has 0 aliphatic carbocycles. The first-order valence-electron chi connectivity index (χ1n) is 8.04. The molecule has 1 fully saturated rings. The van der Waals surface area contributed by atoms with E-state index in [4.69, 9.17) is 4.74 Å². The van der Waals surface area contributed by atoms with Crippen molar-refractivity contribution in [1.29, 1.82) is 0 Å². The van der Waals surface area contributed by atoms with Crippen molar-refractivity contribution in [1.82, 2.24) is 19.8 Å². The van der Waals surface area contributed by atoms with Gasteiger partial charge < -0.3 is 19.5 Å². The van der Waals surface area contributed by atoms with Crippen molar-refractivity contribution in [2.24, 2.45) is 0 Å². The van der Waals surface area contributed by atoms with Crippen LogP contribution < -0.4 is 10.2 Å². The van der Waals surface area contributed by atoms with Crippen LogP contribution in [-0.4, -0.2) is 72.2 Å². The number of hydrogen-bond donors (Lipinski definition) is 1. The standard InChI is InChI=1S/C15H25N5O3/c1-3-19-6-5-16-15(19)20-9-7-18(8-10-20)12-13(21)17-11-14(22)23-4-2/h5-6H,3-4,7-12H2,1-2H3,(H,17,21). The molecular formula is C15H25N5O3. The molecule has 0 bridgehead atoms. The third-order valence-electron chi connectivity index (χ3n) is 3.79. The van der Waals surface area contributed by atoms with E-state index in [0.29, 0.717) is 13.2 Å². The second-order valence-corrected chi connectivity index (χ2v) is 5.36. The van der Waals surface area contributed by atoms with E-state index in [-0.39, 0.29) is 12.5 Å². The molecule has 1 aliphatic heterocycles. The van der Waals surface area contributed by atoms with Gasteiger partial charge in [-0.2, -0.15) is 0 Å². The number of imidazole rings is 1. The molecule has 1 saturated heterocycles. The van der Waals surface area contributed by atoms with Crippen LogP contribution in [0.3, 0.4) is 0 Å². The van der Waals surface area contributed by atoms with Gasteiger partial charge in [-0.1, -0.05) is 0 Å². The summed E-state index contributed by atoms with van der Waals surface area (Å²) in [5.41, 5.74) is 0. The van der Waals surface area contributed by atoms with Gasteiger partial charge in [0.05, 0.1) is 13.2 Å². The van der Waals surface area contributed by atoms with E-state index in [0.717, 1.165) is 38.7 Å². The molecule has 0 atom stereocenters. The summed E-state index contributed by atoms with van der Waals surface area (Å²) in [4.78, 5) is 31.8. The molecule has 128 valence electrons. The molecular weight excluding hydrogens is 298 g/mol. The lowest BCUT2D eigenvalue weighted by Gasteiger charge is -2.35. The van der Waals surface area contributed by atoms with E-state index in [2.05, 4.69) is 31.6 Å². The first-order chi connectivity index (χ1) is 11.1. The van der Waals surface area contributed by atoms with Gasteiger partial charge in [0.2, 0.25) is 11.9 Å². The Morgan fingerprint density at radius 2 is 2.00 bits per heavy atom. The minimum absolute atomic E-state index is 0.0689. The van der Waals surface area contributed by atoms with E-state index in [9.17, 15) is 9.59 Å². The summed E-state index contributed by atoms with van der Waals surface area (Å²) >= 11 is 0. The number of aryl methyl sites for hydroxylation is 1. The SMILES string of the molecule is CCOC(=O)CNC(=O)CN1CCN(c2nccn2CC)CC1. The normalized spacial score (nSPS) is 15.5. The summed E-state index contributed by atoms with van der Waals surface area (Å²) in [6.45, 7) is 8.54. The molecule has 23 heavy (non-hydrogen) atoms. The van der Waals surface area contributed by atoms with Gasteiger partial charge >= 0.3 is 5.97 Å². The minimum atomic E-state index is -0.405. The predicted molar refractivity (Wildman–Crippen MR) is 86.2 cm³/mol. The Kier molecular flexibility index (Phi) is 6.40. The van der Waals surface area contributed by atoms with Crippen molar-refractivity contribution in [2.75, 3.05) is 50.8 Å². The highest BCUT2D eigenvalue weighted by Gasteiger charge is 2.21. The Bertz CT molecular complexity index is 523. The number of esters is 1. The first kappa shape index (κ1) is 17.3.